The van der Waals surface area contributed by atoms with Crippen LogP contribution in [0.15, 0.2) is 30.6 Å². The second-order valence-corrected chi connectivity index (χ2v) is 5.37. The molecule has 0 saturated carbocycles. The van der Waals surface area contributed by atoms with Crippen molar-refractivity contribution >= 4 is 5.69 Å². The topological polar surface area (TPSA) is 54.8 Å². The quantitative estimate of drug-likeness (QED) is 0.893. The van der Waals surface area contributed by atoms with E-state index in [0.29, 0.717) is 6.04 Å². The number of nitrogens with one attached hydrogen (secondary N) is 2. The van der Waals surface area contributed by atoms with Crippen LogP contribution in [0.4, 0.5) is 5.69 Å². The molecule has 20 heavy (non-hydrogen) atoms. The molecule has 106 valence electrons. The summed E-state index contributed by atoms with van der Waals surface area (Å²) in [4.78, 5) is 0. The van der Waals surface area contributed by atoms with Crippen LogP contribution in [0.5, 0.6) is 0 Å². The van der Waals surface area contributed by atoms with Gasteiger partial charge in [0.2, 0.25) is 0 Å². The molecule has 1 aromatic carbocycles. The molecular formula is C15H21N5. The molecular weight excluding hydrogens is 250 g/mol. The standard InChI is InChI=1S/C15H21N5/c1-20-11-18-19-15(20)12-5-4-7-13(9-12)17-10-14-6-2-3-8-16-14/h4-5,7,9,11,14,16-17H,2-3,6,8,10H2,1H3. The molecule has 0 bridgehead atoms. The van der Waals surface area contributed by atoms with Crippen molar-refractivity contribution in [2.45, 2.75) is 25.3 Å². The number of hydrogen-bond donors (Lipinski definition) is 2. The van der Waals surface area contributed by atoms with Gasteiger partial charge in [0.15, 0.2) is 5.82 Å². The normalized spacial score (nSPS) is 18.9. The van der Waals surface area contributed by atoms with Gasteiger partial charge >= 0.3 is 0 Å². The number of anilines is 1. The summed E-state index contributed by atoms with van der Waals surface area (Å²) in [6.45, 7) is 2.12. The van der Waals surface area contributed by atoms with Crippen LogP contribution >= 0.6 is 0 Å². The van der Waals surface area contributed by atoms with Gasteiger partial charge in [-0.2, -0.15) is 0 Å². The highest BCUT2D eigenvalue weighted by atomic mass is 15.2. The molecule has 5 nitrogen and oxygen atoms in total. The molecule has 2 heterocycles. The van der Waals surface area contributed by atoms with Gasteiger partial charge in [-0.1, -0.05) is 18.6 Å². The summed E-state index contributed by atoms with van der Waals surface area (Å²) in [6.07, 6.45) is 5.62. The molecule has 1 saturated heterocycles. The molecule has 3 rings (SSSR count). The number of rotatable bonds is 4. The molecule has 1 aliphatic heterocycles. The lowest BCUT2D eigenvalue weighted by atomic mass is 10.0. The lowest BCUT2D eigenvalue weighted by Crippen LogP contribution is -2.39. The summed E-state index contributed by atoms with van der Waals surface area (Å²) >= 11 is 0. The van der Waals surface area contributed by atoms with Gasteiger partial charge in [0.05, 0.1) is 0 Å². The average molecular weight is 271 g/mol. The Kier molecular flexibility index (Phi) is 3.97. The Bertz CT molecular complexity index is 557. The minimum atomic E-state index is 0.585. The van der Waals surface area contributed by atoms with Gasteiger partial charge in [-0.05, 0) is 31.5 Å². The lowest BCUT2D eigenvalue weighted by Gasteiger charge is -2.24. The number of aryl methyl sites for hydroxylation is 1. The predicted molar refractivity (Wildman–Crippen MR) is 80.6 cm³/mol. The van der Waals surface area contributed by atoms with E-state index in [2.05, 4.69) is 45.1 Å². The number of benzene rings is 1. The third-order valence-corrected chi connectivity index (χ3v) is 3.80. The molecule has 1 fully saturated rings. The maximum Gasteiger partial charge on any atom is 0.163 e. The molecule has 0 aliphatic carbocycles. The highest BCUT2D eigenvalue weighted by Gasteiger charge is 2.12. The van der Waals surface area contributed by atoms with E-state index in [1.807, 2.05) is 11.6 Å². The average Bonchev–Trinajstić information content (AvgIpc) is 2.93. The largest absolute Gasteiger partial charge is 0.383 e. The van der Waals surface area contributed by atoms with Crippen LogP contribution in [0.2, 0.25) is 0 Å². The Morgan fingerprint density at radius 2 is 2.35 bits per heavy atom. The van der Waals surface area contributed by atoms with Gasteiger partial charge in [-0.25, -0.2) is 0 Å². The molecule has 1 aromatic heterocycles. The predicted octanol–water partition coefficient (Wildman–Crippen LogP) is 2.04. The molecule has 0 amide bonds. The van der Waals surface area contributed by atoms with E-state index in [-0.39, 0.29) is 0 Å². The van der Waals surface area contributed by atoms with Gasteiger partial charge in [-0.3, -0.25) is 0 Å². The molecule has 1 aliphatic rings. The van der Waals surface area contributed by atoms with Crippen LogP contribution in [-0.4, -0.2) is 33.9 Å². The van der Waals surface area contributed by atoms with E-state index < -0.39 is 0 Å². The Morgan fingerprint density at radius 1 is 1.40 bits per heavy atom. The van der Waals surface area contributed by atoms with Gasteiger partial charge in [0.25, 0.3) is 0 Å². The Labute approximate surface area is 119 Å². The Morgan fingerprint density at radius 3 is 3.10 bits per heavy atom. The second-order valence-electron chi connectivity index (χ2n) is 5.37. The minimum absolute atomic E-state index is 0.585. The van der Waals surface area contributed by atoms with Crippen molar-refractivity contribution in [3.05, 3.63) is 30.6 Å². The first-order valence-corrected chi connectivity index (χ1v) is 7.24. The van der Waals surface area contributed by atoms with Crippen molar-refractivity contribution in [2.75, 3.05) is 18.4 Å². The van der Waals surface area contributed by atoms with Gasteiger partial charge in [-0.15, -0.1) is 10.2 Å². The second kappa shape index (κ2) is 6.05. The first kappa shape index (κ1) is 13.1. The summed E-state index contributed by atoms with van der Waals surface area (Å²) < 4.78 is 1.93. The maximum atomic E-state index is 4.15. The van der Waals surface area contributed by atoms with Crippen molar-refractivity contribution in [1.29, 1.82) is 0 Å². The molecule has 5 heteroatoms. The lowest BCUT2D eigenvalue weighted by molar-refractivity contribution is 0.414. The zero-order valence-electron chi connectivity index (χ0n) is 11.8. The summed E-state index contributed by atoms with van der Waals surface area (Å²) in [5, 5.41) is 15.1. The summed E-state index contributed by atoms with van der Waals surface area (Å²) in [6, 6.07) is 8.94. The maximum absolute atomic E-state index is 4.15. The molecule has 0 radical (unpaired) electrons. The van der Waals surface area contributed by atoms with Crippen molar-refractivity contribution < 1.29 is 0 Å². The van der Waals surface area contributed by atoms with E-state index in [1.54, 1.807) is 6.33 Å². The van der Waals surface area contributed by atoms with E-state index in [0.717, 1.165) is 30.2 Å². The van der Waals surface area contributed by atoms with Crippen LogP contribution in [0, 0.1) is 0 Å². The Balaban J connectivity index is 1.67. The fourth-order valence-electron chi connectivity index (χ4n) is 2.65. The molecule has 2 aromatic rings. The van der Waals surface area contributed by atoms with Crippen molar-refractivity contribution in [2.24, 2.45) is 7.05 Å². The molecule has 1 unspecified atom stereocenters. The zero-order chi connectivity index (χ0) is 13.8. The van der Waals surface area contributed by atoms with Crippen LogP contribution in [0.3, 0.4) is 0 Å². The first-order valence-electron chi connectivity index (χ1n) is 7.24. The minimum Gasteiger partial charge on any atom is -0.383 e. The molecule has 1 atom stereocenters. The van der Waals surface area contributed by atoms with Gasteiger partial charge < -0.3 is 15.2 Å². The summed E-state index contributed by atoms with van der Waals surface area (Å²) in [5.74, 6) is 0.893. The number of aromatic nitrogens is 3. The SMILES string of the molecule is Cn1cnnc1-c1cccc(NCC2CCCCN2)c1. The smallest absolute Gasteiger partial charge is 0.163 e. The zero-order valence-corrected chi connectivity index (χ0v) is 11.8. The fourth-order valence-corrected chi connectivity index (χ4v) is 2.65. The summed E-state index contributed by atoms with van der Waals surface area (Å²) in [7, 11) is 1.96. The first-order chi connectivity index (χ1) is 9.83. The Hall–Kier alpha value is -1.88. The van der Waals surface area contributed by atoms with Crippen molar-refractivity contribution in [3.63, 3.8) is 0 Å². The van der Waals surface area contributed by atoms with Crippen LogP contribution in [-0.2, 0) is 7.05 Å². The summed E-state index contributed by atoms with van der Waals surface area (Å²) in [5.41, 5.74) is 2.23. The van der Waals surface area contributed by atoms with Gasteiger partial charge in [0.1, 0.15) is 6.33 Å². The van der Waals surface area contributed by atoms with Crippen LogP contribution in [0.25, 0.3) is 11.4 Å². The van der Waals surface area contributed by atoms with Gasteiger partial charge in [0, 0.05) is 30.9 Å². The third kappa shape index (κ3) is 2.99. The number of piperidine rings is 1. The van der Waals surface area contributed by atoms with E-state index in [4.69, 9.17) is 0 Å². The van der Waals surface area contributed by atoms with E-state index >= 15 is 0 Å². The number of nitrogens with zero attached hydrogens (tertiary/aromatic N) is 3. The third-order valence-electron chi connectivity index (χ3n) is 3.80. The van der Waals surface area contributed by atoms with E-state index in [9.17, 15) is 0 Å². The number of hydrogen-bond acceptors (Lipinski definition) is 4. The highest BCUT2D eigenvalue weighted by molar-refractivity contribution is 5.62. The highest BCUT2D eigenvalue weighted by Crippen LogP contribution is 2.20. The molecule has 2 N–H and O–H groups in total. The monoisotopic (exact) mass is 271 g/mol. The van der Waals surface area contributed by atoms with Crippen molar-refractivity contribution in [1.82, 2.24) is 20.1 Å². The van der Waals surface area contributed by atoms with Crippen LogP contribution < -0.4 is 10.6 Å². The fraction of sp³-hybridized carbons (Fsp3) is 0.467. The van der Waals surface area contributed by atoms with Crippen molar-refractivity contribution in [3.8, 4) is 11.4 Å². The van der Waals surface area contributed by atoms with E-state index in [1.165, 1.54) is 19.3 Å². The van der Waals surface area contributed by atoms with Crippen LogP contribution in [0.1, 0.15) is 19.3 Å². The molecule has 0 spiro atoms.